The summed E-state index contributed by atoms with van der Waals surface area (Å²) >= 11 is 0. The molecule has 0 unspecified atom stereocenters. The number of phosphoric acid groups is 1. The Morgan fingerprint density at radius 1 is 1.30 bits per heavy atom. The minimum atomic E-state index is -5.05. The van der Waals surface area contributed by atoms with E-state index in [1.807, 2.05) is 0 Å². The van der Waals surface area contributed by atoms with Gasteiger partial charge in [0.05, 0.1) is 18.8 Å². The van der Waals surface area contributed by atoms with Crippen molar-refractivity contribution in [2.75, 3.05) is 13.7 Å². The fourth-order valence-corrected chi connectivity index (χ4v) is 3.68. The lowest BCUT2D eigenvalue weighted by molar-refractivity contribution is -0.301. The van der Waals surface area contributed by atoms with E-state index in [0.717, 1.165) is 0 Å². The highest BCUT2D eigenvalue weighted by molar-refractivity contribution is 7.46. The minimum absolute atomic E-state index is 0.137. The summed E-state index contributed by atoms with van der Waals surface area (Å²) in [6.45, 7) is 0.578. The van der Waals surface area contributed by atoms with E-state index in [4.69, 9.17) is 24.0 Å². The molecule has 2 rings (SSSR count). The first-order valence-electron chi connectivity index (χ1n) is 8.01. The van der Waals surface area contributed by atoms with Gasteiger partial charge in [0.15, 0.2) is 24.5 Å². The molecule has 0 amide bonds. The molecule has 2 aliphatic heterocycles. The van der Waals surface area contributed by atoms with Gasteiger partial charge in [-0.25, -0.2) is 4.57 Å². The topological polar surface area (TPSA) is 204 Å². The molecule has 7 N–H and O–H groups in total. The van der Waals surface area contributed by atoms with E-state index in [0.29, 0.717) is 0 Å². The molecule has 2 saturated heterocycles. The van der Waals surface area contributed by atoms with Gasteiger partial charge in [-0.2, -0.15) is 0 Å². The number of ether oxygens (including phenoxy) is 3. The molecule has 0 aromatic rings. The number of hydrogen-bond acceptors (Lipinski definition) is 11. The third kappa shape index (κ3) is 4.56. The highest BCUT2D eigenvalue weighted by Gasteiger charge is 2.58. The van der Waals surface area contributed by atoms with Crippen molar-refractivity contribution >= 4 is 14.1 Å². The zero-order chi connectivity index (χ0) is 20.6. The van der Waals surface area contributed by atoms with E-state index in [1.54, 1.807) is 0 Å². The number of likely N-dealkylation sites (N-methyl/N-ethyl adjacent to an activating group) is 1. The van der Waals surface area contributed by atoms with Crippen LogP contribution in [0.25, 0.3) is 0 Å². The summed E-state index contributed by atoms with van der Waals surface area (Å²) in [5.74, 6) is 0. The second kappa shape index (κ2) is 8.45. The Kier molecular flexibility index (Phi) is 7.12. The first-order valence-corrected chi connectivity index (χ1v) is 9.54. The third-order valence-corrected chi connectivity index (χ3v) is 5.14. The second-order valence-corrected chi connectivity index (χ2v) is 7.51. The molecule has 0 spiro atoms. The minimum Gasteiger partial charge on any atom is -0.394 e. The first-order chi connectivity index (χ1) is 12.5. The van der Waals surface area contributed by atoms with E-state index in [9.17, 15) is 29.8 Å². The molecule has 0 aromatic carbocycles. The summed E-state index contributed by atoms with van der Waals surface area (Å²) in [6.07, 6.45) is -10.4. The molecule has 13 nitrogen and oxygen atoms in total. The predicted octanol–water partition coefficient (Wildman–Crippen LogP) is -3.82. The van der Waals surface area contributed by atoms with E-state index in [1.165, 1.54) is 14.0 Å². The zero-order valence-electron chi connectivity index (χ0n) is 14.5. The molecule has 0 saturated carbocycles. The number of rotatable bonds is 7. The van der Waals surface area contributed by atoms with Crippen molar-refractivity contribution in [2.45, 2.75) is 61.7 Å². The average molecular weight is 417 g/mol. The summed E-state index contributed by atoms with van der Waals surface area (Å²) < 4.78 is 31.7. The Morgan fingerprint density at radius 3 is 2.41 bits per heavy atom. The standard InChI is InChI=1S/C13H24NO12P/c1-5-13(19,4-16)10(11(18)23-5)25-12-7(14-2)9(26-27(20,21)22)8(17)6(3-15)24-12/h4-12,14-15,17-19H,3H2,1-2H3,(H2,20,21,22)/t5-,6-,7-,8-,9-,10-,11+,12-,13+/m0/s1. The van der Waals surface area contributed by atoms with Crippen molar-refractivity contribution in [1.29, 1.82) is 0 Å². The van der Waals surface area contributed by atoms with E-state index in [-0.39, 0.29) is 6.29 Å². The van der Waals surface area contributed by atoms with Gasteiger partial charge >= 0.3 is 7.82 Å². The zero-order valence-corrected chi connectivity index (χ0v) is 15.4. The lowest BCUT2D eigenvalue weighted by Gasteiger charge is -2.45. The fourth-order valence-electron chi connectivity index (χ4n) is 3.10. The average Bonchev–Trinajstić information content (AvgIpc) is 2.80. The van der Waals surface area contributed by atoms with Crippen LogP contribution in [0.15, 0.2) is 0 Å². The number of aliphatic hydroxyl groups excluding tert-OH is 3. The summed E-state index contributed by atoms with van der Waals surface area (Å²) in [5, 5.41) is 42.5. The maximum absolute atomic E-state index is 11.3. The van der Waals surface area contributed by atoms with Crippen LogP contribution in [0, 0.1) is 0 Å². The fraction of sp³-hybridized carbons (Fsp3) is 0.923. The lowest BCUT2D eigenvalue weighted by Crippen LogP contribution is -2.65. The molecule has 2 aliphatic rings. The Balaban J connectivity index is 2.30. The van der Waals surface area contributed by atoms with Crippen molar-refractivity contribution in [1.82, 2.24) is 5.32 Å². The van der Waals surface area contributed by atoms with Gasteiger partial charge in [-0.3, -0.25) is 9.32 Å². The van der Waals surface area contributed by atoms with Gasteiger partial charge in [-0.1, -0.05) is 0 Å². The van der Waals surface area contributed by atoms with E-state index < -0.39 is 69.2 Å². The van der Waals surface area contributed by atoms with Crippen molar-refractivity contribution in [3.63, 3.8) is 0 Å². The van der Waals surface area contributed by atoms with Crippen LogP contribution in [0.2, 0.25) is 0 Å². The Bertz CT molecular complexity index is 573. The second-order valence-electron chi connectivity index (χ2n) is 6.32. The number of carbonyl (C=O) groups is 1. The molecule has 2 heterocycles. The normalized spacial score (nSPS) is 45.8. The van der Waals surface area contributed by atoms with Crippen LogP contribution in [0.4, 0.5) is 0 Å². The Labute approximate surface area is 154 Å². The number of nitrogens with one attached hydrogen (secondary N) is 1. The third-order valence-electron chi connectivity index (χ3n) is 4.62. The molecular weight excluding hydrogens is 393 g/mol. The van der Waals surface area contributed by atoms with Crippen molar-refractivity contribution < 1.29 is 58.3 Å². The molecule has 0 aliphatic carbocycles. The van der Waals surface area contributed by atoms with Crippen LogP contribution in [-0.4, -0.2) is 105 Å². The monoisotopic (exact) mass is 417 g/mol. The first kappa shape index (κ1) is 22.7. The molecule has 0 bridgehead atoms. The highest BCUT2D eigenvalue weighted by atomic mass is 31.2. The predicted molar refractivity (Wildman–Crippen MR) is 84.0 cm³/mol. The Morgan fingerprint density at radius 2 is 1.93 bits per heavy atom. The van der Waals surface area contributed by atoms with Crippen LogP contribution in [0.3, 0.4) is 0 Å². The van der Waals surface area contributed by atoms with Crippen LogP contribution in [0.1, 0.15) is 6.92 Å². The molecule has 158 valence electrons. The SMILES string of the molecule is CN[C@@H]1[C@H](O[C@H]2[C@H](O)O[C@@H](C)[C@]2(O)C=O)O[C@@H](CO)[C@H](O)[C@H]1OP(=O)(O)O. The maximum atomic E-state index is 11.3. The smallest absolute Gasteiger partial charge is 0.394 e. The maximum Gasteiger partial charge on any atom is 0.470 e. The summed E-state index contributed by atoms with van der Waals surface area (Å²) in [6, 6.07) is -1.21. The van der Waals surface area contributed by atoms with Gasteiger partial charge in [-0.05, 0) is 14.0 Å². The van der Waals surface area contributed by atoms with Gasteiger partial charge in [0.25, 0.3) is 0 Å². The van der Waals surface area contributed by atoms with Crippen LogP contribution < -0.4 is 5.32 Å². The summed E-state index contributed by atoms with van der Waals surface area (Å²) in [4.78, 5) is 29.5. The van der Waals surface area contributed by atoms with Crippen molar-refractivity contribution in [3.05, 3.63) is 0 Å². The molecule has 9 atom stereocenters. The number of aliphatic hydroxyl groups is 4. The molecule has 27 heavy (non-hydrogen) atoms. The highest BCUT2D eigenvalue weighted by Crippen LogP contribution is 2.42. The molecule has 2 fully saturated rings. The van der Waals surface area contributed by atoms with Crippen LogP contribution in [-0.2, 0) is 28.1 Å². The van der Waals surface area contributed by atoms with E-state index >= 15 is 0 Å². The number of aldehydes is 1. The molecular formula is C13H24NO12P. The van der Waals surface area contributed by atoms with Crippen LogP contribution >= 0.6 is 7.82 Å². The molecule has 14 heteroatoms. The van der Waals surface area contributed by atoms with Gasteiger partial charge < -0.3 is 49.7 Å². The molecule has 0 aromatic heterocycles. The van der Waals surface area contributed by atoms with Crippen LogP contribution in [0.5, 0.6) is 0 Å². The van der Waals surface area contributed by atoms with Gasteiger partial charge in [0.2, 0.25) is 0 Å². The molecule has 0 radical (unpaired) electrons. The number of hydrogen-bond donors (Lipinski definition) is 7. The van der Waals surface area contributed by atoms with E-state index in [2.05, 4.69) is 9.84 Å². The van der Waals surface area contributed by atoms with Gasteiger partial charge in [-0.15, -0.1) is 0 Å². The summed E-state index contributed by atoms with van der Waals surface area (Å²) in [7, 11) is -3.70. The largest absolute Gasteiger partial charge is 0.470 e. The number of phosphoric ester groups is 1. The van der Waals surface area contributed by atoms with Crippen molar-refractivity contribution in [3.8, 4) is 0 Å². The van der Waals surface area contributed by atoms with Gasteiger partial charge in [0.1, 0.15) is 24.4 Å². The quantitative estimate of drug-likeness (QED) is 0.157. The van der Waals surface area contributed by atoms with Crippen molar-refractivity contribution in [2.24, 2.45) is 0 Å². The van der Waals surface area contributed by atoms with Gasteiger partial charge in [0, 0.05) is 0 Å². The number of carbonyl (C=O) groups excluding carboxylic acids is 1. The lowest BCUT2D eigenvalue weighted by atomic mass is 9.94. The Hall–Kier alpha value is -0.540. The summed E-state index contributed by atoms with van der Waals surface area (Å²) in [5.41, 5.74) is -2.23.